The van der Waals surface area contributed by atoms with Crippen LogP contribution in [0.3, 0.4) is 0 Å². The van der Waals surface area contributed by atoms with Crippen molar-refractivity contribution in [2.75, 3.05) is 6.54 Å². The van der Waals surface area contributed by atoms with Gasteiger partial charge in [0, 0.05) is 0 Å². The molecule has 1 aliphatic rings. The predicted molar refractivity (Wildman–Crippen MR) is 40.2 cm³/mol. The van der Waals surface area contributed by atoms with Crippen LogP contribution in [0.15, 0.2) is 0 Å². The number of nitrogens with two attached hydrogens (primary N) is 1. The van der Waals surface area contributed by atoms with Crippen molar-refractivity contribution in [2.45, 2.75) is 32.6 Å². The van der Waals surface area contributed by atoms with Gasteiger partial charge in [-0.3, -0.25) is 0 Å². The molecule has 1 nitrogen and oxygen atoms in total. The van der Waals surface area contributed by atoms with E-state index in [1.165, 1.54) is 25.7 Å². The Morgan fingerprint density at radius 3 is 2.67 bits per heavy atom. The van der Waals surface area contributed by atoms with Crippen LogP contribution in [0.25, 0.3) is 0 Å². The molecule has 0 bridgehead atoms. The van der Waals surface area contributed by atoms with E-state index in [4.69, 9.17) is 5.73 Å². The van der Waals surface area contributed by atoms with Gasteiger partial charge >= 0.3 is 0 Å². The van der Waals surface area contributed by atoms with Gasteiger partial charge in [0.15, 0.2) is 0 Å². The topological polar surface area (TPSA) is 26.0 Å². The molecule has 9 heavy (non-hydrogen) atoms. The van der Waals surface area contributed by atoms with Crippen LogP contribution in [0.1, 0.15) is 32.6 Å². The summed E-state index contributed by atoms with van der Waals surface area (Å²) in [6.45, 7) is 3.23. The lowest BCUT2D eigenvalue weighted by molar-refractivity contribution is 0.457. The standard InChI is InChI=1S/C8H17N/c1-7(3-2-6-9)8-4-5-8/h7-8H,2-6,9H2,1H3. The first kappa shape index (κ1) is 7.07. The molecule has 1 aliphatic carbocycles. The molecule has 0 aromatic heterocycles. The summed E-state index contributed by atoms with van der Waals surface area (Å²) in [5.74, 6) is 2.02. The van der Waals surface area contributed by atoms with E-state index in [0.717, 1.165) is 18.4 Å². The first-order valence-electron chi connectivity index (χ1n) is 4.04. The maximum absolute atomic E-state index is 5.40. The van der Waals surface area contributed by atoms with Gasteiger partial charge < -0.3 is 5.73 Å². The van der Waals surface area contributed by atoms with Crippen molar-refractivity contribution in [3.05, 3.63) is 0 Å². The second kappa shape index (κ2) is 3.21. The maximum atomic E-state index is 5.40. The highest BCUT2D eigenvalue weighted by atomic mass is 14.5. The lowest BCUT2D eigenvalue weighted by Gasteiger charge is -2.06. The van der Waals surface area contributed by atoms with Crippen molar-refractivity contribution < 1.29 is 0 Å². The summed E-state index contributed by atoms with van der Waals surface area (Å²) in [4.78, 5) is 0. The van der Waals surface area contributed by atoms with E-state index in [1.54, 1.807) is 0 Å². The maximum Gasteiger partial charge on any atom is -0.00772 e. The molecule has 54 valence electrons. The lowest BCUT2D eigenvalue weighted by atomic mass is 10.0. The zero-order valence-electron chi connectivity index (χ0n) is 6.27. The molecule has 0 aromatic carbocycles. The Bertz CT molecular complexity index is 76.6. The first-order chi connectivity index (χ1) is 4.34. The minimum absolute atomic E-state index is 0.872. The van der Waals surface area contributed by atoms with Crippen LogP contribution >= 0.6 is 0 Å². The van der Waals surface area contributed by atoms with Gasteiger partial charge in [0.25, 0.3) is 0 Å². The van der Waals surface area contributed by atoms with E-state index < -0.39 is 0 Å². The number of rotatable bonds is 4. The molecule has 0 saturated heterocycles. The zero-order valence-corrected chi connectivity index (χ0v) is 6.27. The van der Waals surface area contributed by atoms with E-state index in [-0.39, 0.29) is 0 Å². The first-order valence-corrected chi connectivity index (χ1v) is 4.04. The van der Waals surface area contributed by atoms with Crippen LogP contribution in [0.4, 0.5) is 0 Å². The largest absolute Gasteiger partial charge is 0.330 e. The molecular weight excluding hydrogens is 110 g/mol. The van der Waals surface area contributed by atoms with Crippen molar-refractivity contribution in [2.24, 2.45) is 17.6 Å². The average Bonchev–Trinajstić information content (AvgIpc) is 2.63. The van der Waals surface area contributed by atoms with E-state index in [1.807, 2.05) is 0 Å². The van der Waals surface area contributed by atoms with Crippen LogP contribution < -0.4 is 5.73 Å². The highest BCUT2D eigenvalue weighted by molar-refractivity contribution is 4.78. The van der Waals surface area contributed by atoms with Gasteiger partial charge in [0.1, 0.15) is 0 Å². The van der Waals surface area contributed by atoms with Crippen molar-refractivity contribution in [1.29, 1.82) is 0 Å². The SMILES string of the molecule is CC(CCCN)C1CC1. The third kappa shape index (κ3) is 2.35. The van der Waals surface area contributed by atoms with Gasteiger partial charge in [0.05, 0.1) is 0 Å². The Kier molecular flexibility index (Phi) is 2.52. The molecule has 0 aromatic rings. The minimum Gasteiger partial charge on any atom is -0.330 e. The van der Waals surface area contributed by atoms with Crippen molar-refractivity contribution in [3.8, 4) is 0 Å². The predicted octanol–water partition coefficient (Wildman–Crippen LogP) is 1.77. The highest BCUT2D eigenvalue weighted by Crippen LogP contribution is 2.38. The Morgan fingerprint density at radius 1 is 1.56 bits per heavy atom. The molecule has 1 heteroatoms. The minimum atomic E-state index is 0.872. The fourth-order valence-electron chi connectivity index (χ4n) is 1.34. The number of hydrogen-bond acceptors (Lipinski definition) is 1. The summed E-state index contributed by atoms with van der Waals surface area (Å²) in [6, 6.07) is 0. The second-order valence-electron chi connectivity index (χ2n) is 3.25. The molecule has 1 atom stereocenters. The molecule has 1 unspecified atom stereocenters. The smallest absolute Gasteiger partial charge is 0.00772 e. The Labute approximate surface area is 57.6 Å². The average molecular weight is 127 g/mol. The third-order valence-electron chi connectivity index (χ3n) is 2.29. The van der Waals surface area contributed by atoms with Crippen molar-refractivity contribution in [3.63, 3.8) is 0 Å². The number of hydrogen-bond donors (Lipinski definition) is 1. The molecule has 0 spiro atoms. The Balaban J connectivity index is 1.96. The molecular formula is C8H17N. The summed E-state index contributed by atoms with van der Waals surface area (Å²) >= 11 is 0. The molecule has 1 fully saturated rings. The molecule has 0 amide bonds. The highest BCUT2D eigenvalue weighted by Gasteiger charge is 2.26. The van der Waals surface area contributed by atoms with Crippen molar-refractivity contribution >= 4 is 0 Å². The fourth-order valence-corrected chi connectivity index (χ4v) is 1.34. The van der Waals surface area contributed by atoms with Gasteiger partial charge in [-0.2, -0.15) is 0 Å². The molecule has 2 N–H and O–H groups in total. The Hall–Kier alpha value is -0.0400. The summed E-state index contributed by atoms with van der Waals surface area (Å²) in [5, 5.41) is 0. The second-order valence-corrected chi connectivity index (χ2v) is 3.25. The normalized spacial score (nSPS) is 22.0. The summed E-state index contributed by atoms with van der Waals surface area (Å²) < 4.78 is 0. The molecule has 0 heterocycles. The summed E-state index contributed by atoms with van der Waals surface area (Å²) in [6.07, 6.45) is 5.52. The monoisotopic (exact) mass is 127 g/mol. The van der Waals surface area contributed by atoms with Gasteiger partial charge in [-0.15, -0.1) is 0 Å². The van der Waals surface area contributed by atoms with Gasteiger partial charge in [-0.1, -0.05) is 6.92 Å². The van der Waals surface area contributed by atoms with Crippen LogP contribution in [0.2, 0.25) is 0 Å². The fraction of sp³-hybridized carbons (Fsp3) is 1.00. The summed E-state index contributed by atoms with van der Waals surface area (Å²) in [7, 11) is 0. The van der Waals surface area contributed by atoms with Crippen molar-refractivity contribution in [1.82, 2.24) is 0 Å². The van der Waals surface area contributed by atoms with E-state index in [9.17, 15) is 0 Å². The van der Waals surface area contributed by atoms with Gasteiger partial charge in [0.2, 0.25) is 0 Å². The van der Waals surface area contributed by atoms with Crippen LogP contribution in [-0.4, -0.2) is 6.54 Å². The van der Waals surface area contributed by atoms with Crippen LogP contribution in [0.5, 0.6) is 0 Å². The molecule has 0 aliphatic heterocycles. The van der Waals surface area contributed by atoms with E-state index >= 15 is 0 Å². The van der Waals surface area contributed by atoms with E-state index in [0.29, 0.717) is 0 Å². The zero-order chi connectivity index (χ0) is 6.69. The Morgan fingerprint density at radius 2 is 2.22 bits per heavy atom. The molecule has 0 radical (unpaired) electrons. The molecule has 1 rings (SSSR count). The quantitative estimate of drug-likeness (QED) is 0.612. The lowest BCUT2D eigenvalue weighted by Crippen LogP contribution is -2.03. The summed E-state index contributed by atoms with van der Waals surface area (Å²) in [5.41, 5.74) is 5.40. The van der Waals surface area contributed by atoms with Gasteiger partial charge in [-0.25, -0.2) is 0 Å². The van der Waals surface area contributed by atoms with Crippen LogP contribution in [-0.2, 0) is 0 Å². The third-order valence-corrected chi connectivity index (χ3v) is 2.29. The molecule has 1 saturated carbocycles. The van der Waals surface area contributed by atoms with Crippen LogP contribution in [0, 0.1) is 11.8 Å². The van der Waals surface area contributed by atoms with Gasteiger partial charge in [-0.05, 0) is 44.1 Å². The van der Waals surface area contributed by atoms with E-state index in [2.05, 4.69) is 6.92 Å².